The van der Waals surface area contributed by atoms with Crippen molar-refractivity contribution in [2.24, 2.45) is 5.92 Å². The lowest BCUT2D eigenvalue weighted by Crippen LogP contribution is -2.25. The van der Waals surface area contributed by atoms with Crippen LogP contribution < -0.4 is 10.1 Å². The lowest BCUT2D eigenvalue weighted by Gasteiger charge is -2.25. The first kappa shape index (κ1) is 14.1. The molecule has 1 aliphatic rings. The fraction of sp³-hybridized carbons (Fsp3) is 0.714. The van der Waals surface area contributed by atoms with Gasteiger partial charge >= 0.3 is 0 Å². The molecule has 0 bridgehead atoms. The Hall–Kier alpha value is -1.36. The summed E-state index contributed by atoms with van der Waals surface area (Å²) >= 11 is 0. The normalized spacial score (nSPS) is 23.1. The topological polar surface area (TPSA) is 67.3 Å². The van der Waals surface area contributed by atoms with Gasteiger partial charge in [0.25, 0.3) is 0 Å². The number of hydrogen-bond donors (Lipinski definition) is 2. The van der Waals surface area contributed by atoms with Gasteiger partial charge in [0.05, 0.1) is 12.7 Å². The number of aliphatic hydroxyl groups is 1. The Labute approximate surface area is 114 Å². The van der Waals surface area contributed by atoms with Gasteiger partial charge in [-0.25, -0.2) is 4.98 Å². The maximum absolute atomic E-state index is 9.66. The van der Waals surface area contributed by atoms with E-state index in [2.05, 4.69) is 15.3 Å². The Balaban J connectivity index is 1.91. The van der Waals surface area contributed by atoms with E-state index < -0.39 is 0 Å². The van der Waals surface area contributed by atoms with Gasteiger partial charge in [0.1, 0.15) is 0 Å². The monoisotopic (exact) mass is 265 g/mol. The molecule has 19 heavy (non-hydrogen) atoms. The standard InChI is InChI=1S/C14H23N3O2/c1-3-19-13-7-10(2)16-14(17-13)15-9-11-5-4-6-12(18)8-11/h7,11-12,18H,3-6,8-9H2,1-2H3,(H,15,16,17). The molecule has 1 aromatic rings. The zero-order chi connectivity index (χ0) is 13.7. The molecule has 2 N–H and O–H groups in total. The Morgan fingerprint density at radius 1 is 1.42 bits per heavy atom. The first-order valence-electron chi connectivity index (χ1n) is 7.07. The molecule has 0 saturated heterocycles. The van der Waals surface area contributed by atoms with E-state index in [1.807, 2.05) is 19.9 Å². The third-order valence-corrected chi connectivity index (χ3v) is 3.43. The minimum atomic E-state index is -0.141. The highest BCUT2D eigenvalue weighted by atomic mass is 16.5. The van der Waals surface area contributed by atoms with Crippen molar-refractivity contribution in [3.05, 3.63) is 11.8 Å². The smallest absolute Gasteiger partial charge is 0.226 e. The van der Waals surface area contributed by atoms with E-state index >= 15 is 0 Å². The molecular formula is C14H23N3O2. The van der Waals surface area contributed by atoms with Gasteiger partial charge in [0.2, 0.25) is 11.8 Å². The summed E-state index contributed by atoms with van der Waals surface area (Å²) in [5, 5.41) is 12.9. The van der Waals surface area contributed by atoms with Crippen molar-refractivity contribution in [2.75, 3.05) is 18.5 Å². The highest BCUT2D eigenvalue weighted by molar-refractivity contribution is 5.30. The highest BCUT2D eigenvalue weighted by Gasteiger charge is 2.20. The molecule has 2 atom stereocenters. The number of aliphatic hydroxyl groups excluding tert-OH is 1. The first-order valence-corrected chi connectivity index (χ1v) is 7.07. The molecule has 2 rings (SSSR count). The fourth-order valence-electron chi connectivity index (χ4n) is 2.52. The van der Waals surface area contributed by atoms with E-state index in [4.69, 9.17) is 4.74 Å². The molecule has 0 spiro atoms. The summed E-state index contributed by atoms with van der Waals surface area (Å²) in [7, 11) is 0. The number of nitrogens with zero attached hydrogens (tertiary/aromatic N) is 2. The number of rotatable bonds is 5. The molecule has 1 aliphatic carbocycles. The zero-order valence-corrected chi connectivity index (χ0v) is 11.7. The van der Waals surface area contributed by atoms with Gasteiger partial charge in [-0.2, -0.15) is 4.98 Å². The predicted molar refractivity (Wildman–Crippen MR) is 74.4 cm³/mol. The van der Waals surface area contributed by atoms with Gasteiger partial charge in [-0.3, -0.25) is 0 Å². The van der Waals surface area contributed by atoms with E-state index in [0.29, 0.717) is 24.4 Å². The summed E-state index contributed by atoms with van der Waals surface area (Å²) in [4.78, 5) is 8.67. The van der Waals surface area contributed by atoms with Gasteiger partial charge in [0.15, 0.2) is 0 Å². The van der Waals surface area contributed by atoms with Crippen molar-refractivity contribution in [1.29, 1.82) is 0 Å². The van der Waals surface area contributed by atoms with Crippen LogP contribution in [0, 0.1) is 12.8 Å². The van der Waals surface area contributed by atoms with Crippen LogP contribution in [0.15, 0.2) is 6.07 Å². The average Bonchev–Trinajstić information content (AvgIpc) is 2.36. The molecule has 0 aliphatic heterocycles. The van der Waals surface area contributed by atoms with Crippen LogP contribution in [0.25, 0.3) is 0 Å². The van der Waals surface area contributed by atoms with Crippen molar-refractivity contribution >= 4 is 5.95 Å². The second-order valence-corrected chi connectivity index (χ2v) is 5.17. The van der Waals surface area contributed by atoms with Crippen molar-refractivity contribution in [1.82, 2.24) is 9.97 Å². The van der Waals surface area contributed by atoms with Crippen LogP contribution in [0.3, 0.4) is 0 Å². The van der Waals surface area contributed by atoms with Crippen LogP contribution in [0.5, 0.6) is 5.88 Å². The molecule has 106 valence electrons. The van der Waals surface area contributed by atoms with Crippen molar-refractivity contribution in [3.8, 4) is 5.88 Å². The molecule has 0 amide bonds. The third kappa shape index (κ3) is 4.35. The van der Waals surface area contributed by atoms with E-state index in [9.17, 15) is 5.11 Å². The first-order chi connectivity index (χ1) is 9.17. The SMILES string of the molecule is CCOc1cc(C)nc(NCC2CCCC(O)C2)n1. The second kappa shape index (κ2) is 6.70. The van der Waals surface area contributed by atoms with Gasteiger partial charge in [-0.1, -0.05) is 6.42 Å². The Kier molecular flexibility index (Phi) is 4.96. The van der Waals surface area contributed by atoms with Crippen molar-refractivity contribution < 1.29 is 9.84 Å². The molecule has 0 radical (unpaired) electrons. The van der Waals surface area contributed by atoms with Crippen molar-refractivity contribution in [3.63, 3.8) is 0 Å². The van der Waals surface area contributed by atoms with Crippen LogP contribution in [0.4, 0.5) is 5.95 Å². The summed E-state index contributed by atoms with van der Waals surface area (Å²) in [6.07, 6.45) is 3.93. The van der Waals surface area contributed by atoms with Crippen LogP contribution >= 0.6 is 0 Å². The van der Waals surface area contributed by atoms with Crippen LogP contribution in [0.2, 0.25) is 0 Å². The number of anilines is 1. The van der Waals surface area contributed by atoms with E-state index in [1.165, 1.54) is 0 Å². The summed E-state index contributed by atoms with van der Waals surface area (Å²) in [6, 6.07) is 1.83. The number of ether oxygens (including phenoxy) is 1. The van der Waals surface area contributed by atoms with Gasteiger partial charge in [0, 0.05) is 18.3 Å². The van der Waals surface area contributed by atoms with Crippen LogP contribution in [0.1, 0.15) is 38.3 Å². The highest BCUT2D eigenvalue weighted by Crippen LogP contribution is 2.24. The Bertz CT molecular complexity index is 412. The van der Waals surface area contributed by atoms with E-state index in [-0.39, 0.29) is 6.10 Å². The van der Waals surface area contributed by atoms with Gasteiger partial charge < -0.3 is 15.2 Å². The molecule has 1 fully saturated rings. The zero-order valence-electron chi connectivity index (χ0n) is 11.7. The fourth-order valence-corrected chi connectivity index (χ4v) is 2.52. The third-order valence-electron chi connectivity index (χ3n) is 3.43. The van der Waals surface area contributed by atoms with Crippen molar-refractivity contribution in [2.45, 2.75) is 45.6 Å². The molecule has 0 aromatic carbocycles. The van der Waals surface area contributed by atoms with Gasteiger partial charge in [-0.05, 0) is 39.0 Å². The number of hydrogen-bond acceptors (Lipinski definition) is 5. The second-order valence-electron chi connectivity index (χ2n) is 5.17. The quantitative estimate of drug-likeness (QED) is 0.854. The number of aromatic nitrogens is 2. The largest absolute Gasteiger partial charge is 0.478 e. The molecule has 5 heteroatoms. The van der Waals surface area contributed by atoms with Crippen LogP contribution in [-0.4, -0.2) is 34.3 Å². The molecule has 2 unspecified atom stereocenters. The molecular weight excluding hydrogens is 242 g/mol. The molecule has 1 heterocycles. The number of aryl methyl sites for hydroxylation is 1. The lowest BCUT2D eigenvalue weighted by atomic mass is 9.87. The summed E-state index contributed by atoms with van der Waals surface area (Å²) in [5.41, 5.74) is 0.893. The summed E-state index contributed by atoms with van der Waals surface area (Å²) in [5.74, 6) is 1.73. The maximum Gasteiger partial charge on any atom is 0.226 e. The number of nitrogens with one attached hydrogen (secondary N) is 1. The van der Waals surface area contributed by atoms with Gasteiger partial charge in [-0.15, -0.1) is 0 Å². The van der Waals surface area contributed by atoms with E-state index in [1.54, 1.807) is 0 Å². The average molecular weight is 265 g/mol. The molecule has 1 aromatic heterocycles. The Morgan fingerprint density at radius 3 is 3.00 bits per heavy atom. The Morgan fingerprint density at radius 2 is 2.26 bits per heavy atom. The maximum atomic E-state index is 9.66. The minimum absolute atomic E-state index is 0.141. The van der Waals surface area contributed by atoms with E-state index in [0.717, 1.165) is 37.9 Å². The summed E-state index contributed by atoms with van der Waals surface area (Å²) < 4.78 is 5.41. The molecule has 1 saturated carbocycles. The molecule has 5 nitrogen and oxygen atoms in total. The predicted octanol–water partition coefficient (Wildman–Crippen LogP) is 2.15. The lowest BCUT2D eigenvalue weighted by molar-refractivity contribution is 0.104. The van der Waals surface area contributed by atoms with Crippen LogP contribution in [-0.2, 0) is 0 Å². The summed E-state index contributed by atoms with van der Waals surface area (Å²) in [6.45, 7) is 5.28. The minimum Gasteiger partial charge on any atom is -0.478 e.